The molecule has 1 heterocycles. The van der Waals surface area contributed by atoms with Crippen molar-refractivity contribution in [2.24, 2.45) is 4.99 Å². The van der Waals surface area contributed by atoms with Gasteiger partial charge in [0.2, 0.25) is 11.8 Å². The van der Waals surface area contributed by atoms with Gasteiger partial charge in [0, 0.05) is 19.2 Å². The fraction of sp³-hybridized carbons (Fsp3) is 0.238. The Balaban J connectivity index is 1.68. The molecule has 0 aromatic heterocycles. The highest BCUT2D eigenvalue weighted by Crippen LogP contribution is 2.31. The van der Waals surface area contributed by atoms with Gasteiger partial charge in [-0.05, 0) is 55.3 Å². The van der Waals surface area contributed by atoms with Crippen molar-refractivity contribution in [2.75, 3.05) is 12.4 Å². The molecule has 1 unspecified atom stereocenters. The standard InChI is InChI=1S/C21H21N3O4S/c1-12-7-8-16(9-13(12)2)23-21-24(3)19(26)17(29-21)11-18(25)22-15-6-4-5-14(10-15)20(27)28/h4-10,17H,11H2,1-3H3,(H,22,25)(H,27,28). The number of hydrogen-bond donors (Lipinski definition) is 2. The Bertz CT molecular complexity index is 1020. The van der Waals surface area contributed by atoms with Gasteiger partial charge in [0.05, 0.1) is 11.3 Å². The van der Waals surface area contributed by atoms with Gasteiger partial charge in [-0.3, -0.25) is 14.5 Å². The fourth-order valence-electron chi connectivity index (χ4n) is 2.81. The molecule has 2 aromatic carbocycles. The van der Waals surface area contributed by atoms with Crippen LogP contribution in [0, 0.1) is 13.8 Å². The quantitative estimate of drug-likeness (QED) is 0.783. The molecule has 0 saturated carbocycles. The van der Waals surface area contributed by atoms with Gasteiger partial charge in [0.1, 0.15) is 5.25 Å². The lowest BCUT2D eigenvalue weighted by molar-refractivity contribution is -0.127. The summed E-state index contributed by atoms with van der Waals surface area (Å²) in [6.45, 7) is 4.02. The van der Waals surface area contributed by atoms with E-state index in [9.17, 15) is 14.4 Å². The number of aromatic carboxylic acids is 1. The zero-order valence-corrected chi connectivity index (χ0v) is 17.1. The van der Waals surface area contributed by atoms with Gasteiger partial charge in [0.15, 0.2) is 5.17 Å². The summed E-state index contributed by atoms with van der Waals surface area (Å²) in [5.74, 6) is -1.62. The SMILES string of the molecule is Cc1ccc(N=C2SC(CC(=O)Nc3cccc(C(=O)O)c3)C(=O)N2C)cc1C. The number of amidine groups is 1. The van der Waals surface area contributed by atoms with E-state index in [0.29, 0.717) is 10.9 Å². The van der Waals surface area contributed by atoms with Gasteiger partial charge in [-0.25, -0.2) is 9.79 Å². The Hall–Kier alpha value is -3.13. The molecule has 3 rings (SSSR count). The molecule has 150 valence electrons. The third kappa shape index (κ3) is 4.83. The lowest BCUT2D eigenvalue weighted by Gasteiger charge is -2.10. The lowest BCUT2D eigenvalue weighted by Crippen LogP contribution is -2.30. The summed E-state index contributed by atoms with van der Waals surface area (Å²) in [6.07, 6.45) is -0.0307. The van der Waals surface area contributed by atoms with E-state index in [0.717, 1.165) is 11.3 Å². The number of nitrogens with zero attached hydrogens (tertiary/aromatic N) is 2. The van der Waals surface area contributed by atoms with E-state index < -0.39 is 11.2 Å². The van der Waals surface area contributed by atoms with Crippen LogP contribution < -0.4 is 5.32 Å². The molecule has 7 nitrogen and oxygen atoms in total. The second-order valence-corrected chi connectivity index (χ2v) is 7.97. The molecule has 0 bridgehead atoms. The molecule has 1 saturated heterocycles. The van der Waals surface area contributed by atoms with Gasteiger partial charge in [-0.1, -0.05) is 23.9 Å². The number of aryl methyl sites for hydroxylation is 2. The number of rotatable bonds is 5. The monoisotopic (exact) mass is 411 g/mol. The highest BCUT2D eigenvalue weighted by molar-refractivity contribution is 8.15. The van der Waals surface area contributed by atoms with Crippen LogP contribution in [0.2, 0.25) is 0 Å². The number of carboxylic acids is 1. The summed E-state index contributed by atoms with van der Waals surface area (Å²) in [6, 6.07) is 11.8. The third-order valence-electron chi connectivity index (χ3n) is 4.62. The minimum absolute atomic E-state index is 0.0307. The second kappa shape index (κ2) is 8.48. The molecule has 0 radical (unpaired) electrons. The number of carbonyl (C=O) groups is 3. The van der Waals surface area contributed by atoms with E-state index in [1.165, 1.54) is 34.4 Å². The molecule has 2 N–H and O–H groups in total. The summed E-state index contributed by atoms with van der Waals surface area (Å²) in [5.41, 5.74) is 3.49. The van der Waals surface area contributed by atoms with Crippen LogP contribution in [0.5, 0.6) is 0 Å². The highest BCUT2D eigenvalue weighted by Gasteiger charge is 2.37. The number of nitrogens with one attached hydrogen (secondary N) is 1. The smallest absolute Gasteiger partial charge is 0.335 e. The Morgan fingerprint density at radius 1 is 1.17 bits per heavy atom. The topological polar surface area (TPSA) is 99.1 Å². The van der Waals surface area contributed by atoms with Crippen LogP contribution >= 0.6 is 11.8 Å². The minimum atomic E-state index is -1.07. The van der Waals surface area contributed by atoms with Crippen molar-refractivity contribution in [3.05, 3.63) is 59.2 Å². The van der Waals surface area contributed by atoms with Gasteiger partial charge in [-0.15, -0.1) is 0 Å². The van der Waals surface area contributed by atoms with Gasteiger partial charge in [-0.2, -0.15) is 0 Å². The number of carbonyl (C=O) groups excluding carboxylic acids is 2. The number of anilines is 1. The van der Waals surface area contributed by atoms with Crippen LogP contribution in [0.1, 0.15) is 27.9 Å². The van der Waals surface area contributed by atoms with E-state index in [-0.39, 0.29) is 23.8 Å². The first-order valence-electron chi connectivity index (χ1n) is 8.98. The molecule has 8 heteroatoms. The van der Waals surface area contributed by atoms with Gasteiger partial charge < -0.3 is 10.4 Å². The first-order chi connectivity index (χ1) is 13.7. The van der Waals surface area contributed by atoms with Crippen molar-refractivity contribution in [1.82, 2.24) is 4.90 Å². The maximum Gasteiger partial charge on any atom is 0.335 e. The second-order valence-electron chi connectivity index (χ2n) is 6.80. The molecule has 1 fully saturated rings. The van der Waals surface area contributed by atoms with E-state index in [1.54, 1.807) is 19.2 Å². The average molecular weight is 411 g/mol. The van der Waals surface area contributed by atoms with Crippen molar-refractivity contribution in [2.45, 2.75) is 25.5 Å². The number of hydrogen-bond acceptors (Lipinski definition) is 5. The van der Waals surface area contributed by atoms with E-state index >= 15 is 0 Å². The van der Waals surface area contributed by atoms with E-state index in [1.807, 2.05) is 32.0 Å². The van der Waals surface area contributed by atoms with Crippen LogP contribution in [0.4, 0.5) is 11.4 Å². The number of amides is 2. The summed E-state index contributed by atoms with van der Waals surface area (Å²) >= 11 is 1.25. The molecule has 2 aromatic rings. The highest BCUT2D eigenvalue weighted by atomic mass is 32.2. The molecular formula is C21H21N3O4S. The Kier molecular flexibility index (Phi) is 6.03. The Morgan fingerprint density at radius 3 is 2.62 bits per heavy atom. The number of carboxylic acid groups (broad SMARTS) is 1. The molecule has 29 heavy (non-hydrogen) atoms. The van der Waals surface area contributed by atoms with E-state index in [2.05, 4.69) is 10.3 Å². The van der Waals surface area contributed by atoms with Crippen LogP contribution in [-0.2, 0) is 9.59 Å². The summed E-state index contributed by atoms with van der Waals surface area (Å²) in [4.78, 5) is 41.9. The number of benzene rings is 2. The largest absolute Gasteiger partial charge is 0.478 e. The molecule has 0 aliphatic carbocycles. The van der Waals surface area contributed by atoms with Crippen molar-refractivity contribution >= 4 is 46.1 Å². The molecule has 1 aliphatic rings. The van der Waals surface area contributed by atoms with E-state index in [4.69, 9.17) is 5.11 Å². The normalized spacial score (nSPS) is 17.6. The van der Waals surface area contributed by atoms with Crippen molar-refractivity contribution in [3.8, 4) is 0 Å². The fourth-order valence-corrected chi connectivity index (χ4v) is 3.97. The first-order valence-corrected chi connectivity index (χ1v) is 9.86. The zero-order chi connectivity index (χ0) is 21.1. The van der Waals surface area contributed by atoms with Crippen LogP contribution in [0.15, 0.2) is 47.5 Å². The minimum Gasteiger partial charge on any atom is -0.478 e. The zero-order valence-electron chi connectivity index (χ0n) is 16.3. The maximum atomic E-state index is 12.5. The van der Waals surface area contributed by atoms with Crippen molar-refractivity contribution < 1.29 is 19.5 Å². The third-order valence-corrected chi connectivity index (χ3v) is 5.85. The molecule has 1 aliphatic heterocycles. The predicted molar refractivity (Wildman–Crippen MR) is 114 cm³/mol. The maximum absolute atomic E-state index is 12.5. The molecular weight excluding hydrogens is 390 g/mol. The first kappa shape index (κ1) is 20.6. The van der Waals surface area contributed by atoms with Crippen LogP contribution in [-0.4, -0.2) is 45.3 Å². The molecule has 2 amide bonds. The predicted octanol–water partition coefficient (Wildman–Crippen LogP) is 3.59. The van der Waals surface area contributed by atoms with Crippen molar-refractivity contribution in [1.29, 1.82) is 0 Å². The summed E-state index contributed by atoms with van der Waals surface area (Å²) in [5, 5.41) is 11.7. The summed E-state index contributed by atoms with van der Waals surface area (Å²) in [7, 11) is 1.64. The number of thioether (sulfide) groups is 1. The Morgan fingerprint density at radius 2 is 1.93 bits per heavy atom. The lowest BCUT2D eigenvalue weighted by atomic mass is 10.1. The van der Waals surface area contributed by atoms with Gasteiger partial charge >= 0.3 is 5.97 Å². The van der Waals surface area contributed by atoms with Crippen LogP contribution in [0.25, 0.3) is 0 Å². The number of aliphatic imine (C=N–C) groups is 1. The molecule has 1 atom stereocenters. The van der Waals surface area contributed by atoms with Crippen molar-refractivity contribution in [3.63, 3.8) is 0 Å². The molecule has 0 spiro atoms. The van der Waals surface area contributed by atoms with Crippen LogP contribution in [0.3, 0.4) is 0 Å². The average Bonchev–Trinajstić information content (AvgIpc) is 2.92. The Labute approximate surface area is 172 Å². The van der Waals surface area contributed by atoms with Gasteiger partial charge in [0.25, 0.3) is 0 Å². The summed E-state index contributed by atoms with van der Waals surface area (Å²) < 4.78 is 0.